The average molecular weight is 309 g/mol. The van der Waals surface area contributed by atoms with Gasteiger partial charge in [-0.1, -0.05) is 18.2 Å². The Morgan fingerprint density at radius 3 is 2.76 bits per heavy atom. The summed E-state index contributed by atoms with van der Waals surface area (Å²) in [5.41, 5.74) is 1.16. The normalized spacial score (nSPS) is 12.9. The van der Waals surface area contributed by atoms with E-state index in [0.717, 1.165) is 42.5 Å². The fourth-order valence-electron chi connectivity index (χ4n) is 1.83. The van der Waals surface area contributed by atoms with Gasteiger partial charge < -0.3 is 15.4 Å². The van der Waals surface area contributed by atoms with Crippen LogP contribution in [-0.2, 0) is 0 Å². The van der Waals surface area contributed by atoms with Gasteiger partial charge in [0.2, 0.25) is 0 Å². The summed E-state index contributed by atoms with van der Waals surface area (Å²) in [5, 5.41) is 6.60. The summed E-state index contributed by atoms with van der Waals surface area (Å²) < 4.78 is 5.93. The minimum atomic E-state index is 0.0795. The van der Waals surface area contributed by atoms with Crippen LogP contribution >= 0.6 is 11.8 Å². The molecule has 0 fully saturated rings. The number of guanidine groups is 1. The molecule has 4 nitrogen and oxygen atoms in total. The lowest BCUT2D eigenvalue weighted by atomic mass is 10.2. The molecule has 0 bridgehead atoms. The molecule has 1 aromatic rings. The van der Waals surface area contributed by atoms with E-state index >= 15 is 0 Å². The second-order valence-electron chi connectivity index (χ2n) is 4.92. The van der Waals surface area contributed by atoms with Crippen molar-refractivity contribution in [1.29, 1.82) is 0 Å². The van der Waals surface area contributed by atoms with Crippen LogP contribution in [0.1, 0.15) is 18.9 Å². The van der Waals surface area contributed by atoms with Gasteiger partial charge in [0.1, 0.15) is 11.9 Å². The van der Waals surface area contributed by atoms with Gasteiger partial charge in [0, 0.05) is 13.6 Å². The summed E-state index contributed by atoms with van der Waals surface area (Å²) in [4.78, 5) is 4.21. The summed E-state index contributed by atoms with van der Waals surface area (Å²) in [6.45, 7) is 5.77. The first-order valence-corrected chi connectivity index (χ1v) is 8.72. The Morgan fingerprint density at radius 1 is 1.33 bits per heavy atom. The van der Waals surface area contributed by atoms with Gasteiger partial charge in [-0.15, -0.1) is 0 Å². The Bertz CT molecular complexity index is 437. The molecular weight excluding hydrogens is 282 g/mol. The molecule has 1 aromatic carbocycles. The van der Waals surface area contributed by atoms with E-state index in [4.69, 9.17) is 4.74 Å². The molecule has 1 unspecified atom stereocenters. The Balaban J connectivity index is 2.31. The average Bonchev–Trinajstić information content (AvgIpc) is 2.49. The van der Waals surface area contributed by atoms with Gasteiger partial charge in [-0.25, -0.2) is 0 Å². The Morgan fingerprint density at radius 2 is 2.10 bits per heavy atom. The molecule has 0 aliphatic heterocycles. The second kappa shape index (κ2) is 10.4. The largest absolute Gasteiger partial charge is 0.489 e. The van der Waals surface area contributed by atoms with Gasteiger partial charge in [-0.05, 0) is 43.9 Å². The first-order chi connectivity index (χ1) is 10.2. The smallest absolute Gasteiger partial charge is 0.191 e. The van der Waals surface area contributed by atoms with Crippen molar-refractivity contribution in [3.8, 4) is 5.75 Å². The number of para-hydroxylation sites is 1. The van der Waals surface area contributed by atoms with Gasteiger partial charge in [0.15, 0.2) is 5.96 Å². The quantitative estimate of drug-likeness (QED) is 0.440. The Hall–Kier alpha value is -1.36. The van der Waals surface area contributed by atoms with Crippen molar-refractivity contribution < 1.29 is 4.74 Å². The second-order valence-corrected chi connectivity index (χ2v) is 5.91. The summed E-state index contributed by atoms with van der Waals surface area (Å²) >= 11 is 1.86. The van der Waals surface area contributed by atoms with E-state index in [9.17, 15) is 0 Å². The number of nitrogens with zero attached hydrogens (tertiary/aromatic N) is 1. The monoisotopic (exact) mass is 309 g/mol. The molecule has 0 saturated carbocycles. The number of ether oxygens (including phenoxy) is 1. The first kappa shape index (κ1) is 17.7. The van der Waals surface area contributed by atoms with Crippen LogP contribution in [0, 0.1) is 6.92 Å². The van der Waals surface area contributed by atoms with Crippen molar-refractivity contribution in [3.05, 3.63) is 29.8 Å². The minimum Gasteiger partial charge on any atom is -0.489 e. The maximum Gasteiger partial charge on any atom is 0.191 e. The number of rotatable bonds is 8. The number of hydrogen-bond donors (Lipinski definition) is 2. The van der Waals surface area contributed by atoms with E-state index in [-0.39, 0.29) is 6.10 Å². The molecule has 0 radical (unpaired) electrons. The van der Waals surface area contributed by atoms with Gasteiger partial charge >= 0.3 is 0 Å². The molecule has 1 atom stereocenters. The van der Waals surface area contributed by atoms with Crippen molar-refractivity contribution in [2.75, 3.05) is 32.1 Å². The number of aryl methyl sites for hydroxylation is 1. The lowest BCUT2D eigenvalue weighted by molar-refractivity contribution is 0.222. The van der Waals surface area contributed by atoms with Crippen LogP contribution in [0.5, 0.6) is 5.75 Å². The highest BCUT2D eigenvalue weighted by Crippen LogP contribution is 2.17. The van der Waals surface area contributed by atoms with E-state index in [1.165, 1.54) is 0 Å². The Labute approximate surface area is 132 Å². The molecule has 118 valence electrons. The number of nitrogens with one attached hydrogen (secondary N) is 2. The highest BCUT2D eigenvalue weighted by atomic mass is 32.2. The minimum absolute atomic E-state index is 0.0795. The number of thioether (sulfide) groups is 1. The van der Waals surface area contributed by atoms with Gasteiger partial charge in [0.05, 0.1) is 6.54 Å². The maximum atomic E-state index is 5.93. The molecule has 0 amide bonds. The number of hydrogen-bond acceptors (Lipinski definition) is 3. The van der Waals surface area contributed by atoms with E-state index in [0.29, 0.717) is 0 Å². The van der Waals surface area contributed by atoms with Crippen molar-refractivity contribution in [2.45, 2.75) is 26.4 Å². The lowest BCUT2D eigenvalue weighted by Gasteiger charge is -2.18. The standard InChI is InChI=1S/C16H27N3OS/c1-13-8-5-6-9-15(13)20-14(2)12-19-16(17-3)18-10-7-11-21-4/h5-6,8-9,14H,7,10-12H2,1-4H3,(H2,17,18,19). The molecule has 0 saturated heterocycles. The van der Waals surface area contributed by atoms with E-state index in [1.54, 1.807) is 7.05 Å². The predicted molar refractivity (Wildman–Crippen MR) is 93.6 cm³/mol. The lowest BCUT2D eigenvalue weighted by Crippen LogP contribution is -2.42. The van der Waals surface area contributed by atoms with Crippen LogP contribution in [-0.4, -0.2) is 44.2 Å². The van der Waals surface area contributed by atoms with Crippen molar-refractivity contribution in [2.24, 2.45) is 4.99 Å². The first-order valence-electron chi connectivity index (χ1n) is 7.33. The molecule has 5 heteroatoms. The molecule has 0 spiro atoms. The molecule has 2 N–H and O–H groups in total. The molecule has 0 aliphatic carbocycles. The van der Waals surface area contributed by atoms with Crippen LogP contribution in [0.15, 0.2) is 29.3 Å². The van der Waals surface area contributed by atoms with Crippen LogP contribution in [0.2, 0.25) is 0 Å². The topological polar surface area (TPSA) is 45.7 Å². The molecule has 0 aromatic heterocycles. The number of aliphatic imine (C=N–C) groups is 1. The summed E-state index contributed by atoms with van der Waals surface area (Å²) in [6.07, 6.45) is 3.34. The molecule has 21 heavy (non-hydrogen) atoms. The van der Waals surface area contributed by atoms with Crippen LogP contribution in [0.3, 0.4) is 0 Å². The van der Waals surface area contributed by atoms with Crippen molar-refractivity contribution in [1.82, 2.24) is 10.6 Å². The highest BCUT2D eigenvalue weighted by molar-refractivity contribution is 7.98. The predicted octanol–water partition coefficient (Wildman–Crippen LogP) is 2.68. The van der Waals surface area contributed by atoms with Crippen LogP contribution in [0.4, 0.5) is 0 Å². The van der Waals surface area contributed by atoms with Gasteiger partial charge in [0.25, 0.3) is 0 Å². The summed E-state index contributed by atoms with van der Waals surface area (Å²) in [7, 11) is 1.79. The molecule has 0 aliphatic rings. The fraction of sp³-hybridized carbons (Fsp3) is 0.562. The Kier molecular flexibility index (Phi) is 8.74. The third-order valence-electron chi connectivity index (χ3n) is 3.02. The SMILES string of the molecule is CN=C(NCCCSC)NCC(C)Oc1ccccc1C. The zero-order valence-corrected chi connectivity index (χ0v) is 14.3. The van der Waals surface area contributed by atoms with Crippen LogP contribution in [0.25, 0.3) is 0 Å². The van der Waals surface area contributed by atoms with E-state index in [1.807, 2.05) is 30.0 Å². The fourth-order valence-corrected chi connectivity index (χ4v) is 2.26. The highest BCUT2D eigenvalue weighted by Gasteiger charge is 2.07. The summed E-state index contributed by atoms with van der Waals surface area (Å²) in [6, 6.07) is 8.07. The zero-order valence-electron chi connectivity index (χ0n) is 13.5. The van der Waals surface area contributed by atoms with E-state index in [2.05, 4.69) is 41.8 Å². The third-order valence-corrected chi connectivity index (χ3v) is 3.72. The van der Waals surface area contributed by atoms with Crippen molar-refractivity contribution >= 4 is 17.7 Å². The van der Waals surface area contributed by atoms with Crippen molar-refractivity contribution in [3.63, 3.8) is 0 Å². The summed E-state index contributed by atoms with van der Waals surface area (Å²) in [5.74, 6) is 2.93. The van der Waals surface area contributed by atoms with Crippen LogP contribution < -0.4 is 15.4 Å². The van der Waals surface area contributed by atoms with Gasteiger partial charge in [-0.2, -0.15) is 11.8 Å². The molecule has 1 rings (SSSR count). The van der Waals surface area contributed by atoms with E-state index < -0.39 is 0 Å². The maximum absolute atomic E-state index is 5.93. The third kappa shape index (κ3) is 7.27. The molecular formula is C16H27N3OS. The molecule has 0 heterocycles. The zero-order chi connectivity index (χ0) is 15.5. The van der Waals surface area contributed by atoms with Gasteiger partial charge in [-0.3, -0.25) is 4.99 Å². The number of benzene rings is 1.